The Morgan fingerprint density at radius 2 is 2.13 bits per heavy atom. The highest BCUT2D eigenvalue weighted by molar-refractivity contribution is 5.24. The molecule has 0 bridgehead atoms. The third-order valence-electron chi connectivity index (χ3n) is 2.87. The molecule has 0 radical (unpaired) electrons. The first-order valence-electron chi connectivity index (χ1n) is 5.57. The summed E-state index contributed by atoms with van der Waals surface area (Å²) in [5, 5.41) is 8.00. The largest absolute Gasteiger partial charge is 0.408 e. The number of hydrogen-bond acceptors (Lipinski definition) is 5. The lowest BCUT2D eigenvalue weighted by Crippen LogP contribution is -2.32. The van der Waals surface area contributed by atoms with Crippen LogP contribution in [0.5, 0.6) is 0 Å². The lowest BCUT2D eigenvalue weighted by Gasteiger charge is -2.28. The molecule has 0 saturated carbocycles. The molecule has 1 fully saturated rings. The van der Waals surface area contributed by atoms with Crippen LogP contribution in [0.2, 0.25) is 0 Å². The SMILES string of the molecule is CC1CCN(c2nnc(CCN)o2)CC1. The summed E-state index contributed by atoms with van der Waals surface area (Å²) in [6.07, 6.45) is 3.07. The molecule has 1 aliphatic rings. The fourth-order valence-corrected chi connectivity index (χ4v) is 1.80. The molecule has 0 atom stereocenters. The second-order valence-electron chi connectivity index (χ2n) is 4.19. The summed E-state index contributed by atoms with van der Waals surface area (Å²) >= 11 is 0. The van der Waals surface area contributed by atoms with Crippen molar-refractivity contribution >= 4 is 6.01 Å². The van der Waals surface area contributed by atoms with E-state index in [0.29, 0.717) is 24.9 Å². The molecule has 1 aromatic rings. The average molecular weight is 210 g/mol. The van der Waals surface area contributed by atoms with E-state index in [9.17, 15) is 0 Å². The maximum Gasteiger partial charge on any atom is 0.318 e. The molecule has 0 aromatic carbocycles. The lowest BCUT2D eigenvalue weighted by atomic mass is 10.00. The predicted octanol–water partition coefficient (Wildman–Crippen LogP) is 0.807. The highest BCUT2D eigenvalue weighted by Crippen LogP contribution is 2.21. The zero-order valence-corrected chi connectivity index (χ0v) is 9.15. The zero-order valence-electron chi connectivity index (χ0n) is 9.15. The van der Waals surface area contributed by atoms with Crippen LogP contribution in [0, 0.1) is 5.92 Å². The van der Waals surface area contributed by atoms with Crippen molar-refractivity contribution in [1.29, 1.82) is 0 Å². The van der Waals surface area contributed by atoms with Gasteiger partial charge in [0.2, 0.25) is 5.89 Å². The van der Waals surface area contributed by atoms with Crippen LogP contribution >= 0.6 is 0 Å². The van der Waals surface area contributed by atoms with E-state index >= 15 is 0 Å². The minimum absolute atomic E-state index is 0.554. The van der Waals surface area contributed by atoms with Gasteiger partial charge in [0.05, 0.1) is 0 Å². The number of hydrogen-bond donors (Lipinski definition) is 1. The van der Waals surface area contributed by atoms with Crippen LogP contribution in [-0.2, 0) is 6.42 Å². The molecule has 2 N–H and O–H groups in total. The first-order chi connectivity index (χ1) is 7.29. The Morgan fingerprint density at radius 1 is 1.40 bits per heavy atom. The number of piperidine rings is 1. The highest BCUT2D eigenvalue weighted by Gasteiger charge is 2.20. The number of nitrogens with zero attached hydrogens (tertiary/aromatic N) is 3. The molecule has 15 heavy (non-hydrogen) atoms. The highest BCUT2D eigenvalue weighted by atomic mass is 16.4. The summed E-state index contributed by atoms with van der Waals surface area (Å²) in [5.41, 5.74) is 5.43. The fraction of sp³-hybridized carbons (Fsp3) is 0.800. The Kier molecular flexibility index (Phi) is 3.20. The summed E-state index contributed by atoms with van der Waals surface area (Å²) < 4.78 is 5.52. The van der Waals surface area contributed by atoms with Crippen molar-refractivity contribution in [1.82, 2.24) is 10.2 Å². The van der Waals surface area contributed by atoms with Crippen molar-refractivity contribution in [2.45, 2.75) is 26.2 Å². The van der Waals surface area contributed by atoms with Crippen LogP contribution in [-0.4, -0.2) is 29.8 Å². The lowest BCUT2D eigenvalue weighted by molar-refractivity contribution is 0.405. The van der Waals surface area contributed by atoms with E-state index in [0.717, 1.165) is 19.0 Å². The molecule has 5 heteroatoms. The summed E-state index contributed by atoms with van der Waals surface area (Å²) in [4.78, 5) is 2.16. The van der Waals surface area contributed by atoms with E-state index in [4.69, 9.17) is 10.2 Å². The van der Waals surface area contributed by atoms with Gasteiger partial charge in [-0.05, 0) is 18.8 Å². The van der Waals surface area contributed by atoms with Gasteiger partial charge in [0.25, 0.3) is 0 Å². The van der Waals surface area contributed by atoms with Crippen LogP contribution < -0.4 is 10.6 Å². The van der Waals surface area contributed by atoms with Crippen molar-refractivity contribution in [3.05, 3.63) is 5.89 Å². The van der Waals surface area contributed by atoms with Gasteiger partial charge in [-0.2, -0.15) is 0 Å². The monoisotopic (exact) mass is 210 g/mol. The van der Waals surface area contributed by atoms with Gasteiger partial charge in [0.1, 0.15) is 0 Å². The van der Waals surface area contributed by atoms with E-state index in [1.807, 2.05) is 0 Å². The van der Waals surface area contributed by atoms with Gasteiger partial charge in [-0.25, -0.2) is 0 Å². The topological polar surface area (TPSA) is 68.2 Å². The van der Waals surface area contributed by atoms with Crippen molar-refractivity contribution in [2.75, 3.05) is 24.5 Å². The maximum atomic E-state index is 5.52. The molecule has 2 heterocycles. The van der Waals surface area contributed by atoms with Crippen LogP contribution in [0.15, 0.2) is 4.42 Å². The standard InChI is InChI=1S/C10H18N4O/c1-8-3-6-14(7-4-8)10-13-12-9(15-10)2-5-11/h8H,2-7,11H2,1H3. The Hall–Kier alpha value is -1.10. The van der Waals surface area contributed by atoms with Crippen molar-refractivity contribution in [2.24, 2.45) is 11.7 Å². The summed E-state index contributed by atoms with van der Waals surface area (Å²) in [7, 11) is 0. The van der Waals surface area contributed by atoms with Crippen LogP contribution in [0.3, 0.4) is 0 Å². The van der Waals surface area contributed by atoms with Crippen molar-refractivity contribution in [3.8, 4) is 0 Å². The summed E-state index contributed by atoms with van der Waals surface area (Å²) in [6.45, 7) is 4.88. The molecule has 1 saturated heterocycles. The molecule has 0 spiro atoms. The number of rotatable bonds is 3. The Bertz CT molecular complexity index is 304. The normalized spacial score (nSPS) is 18.4. The van der Waals surface area contributed by atoms with E-state index in [2.05, 4.69) is 22.0 Å². The van der Waals surface area contributed by atoms with Gasteiger partial charge < -0.3 is 15.1 Å². The average Bonchev–Trinajstić information content (AvgIpc) is 2.68. The number of aromatic nitrogens is 2. The molecule has 2 rings (SSSR count). The predicted molar refractivity (Wildman–Crippen MR) is 57.7 cm³/mol. The Labute approximate surface area is 89.6 Å². The van der Waals surface area contributed by atoms with Gasteiger partial charge in [0.15, 0.2) is 0 Å². The van der Waals surface area contributed by atoms with Gasteiger partial charge in [-0.1, -0.05) is 12.0 Å². The van der Waals surface area contributed by atoms with Gasteiger partial charge in [0, 0.05) is 26.1 Å². The molecule has 0 aliphatic carbocycles. The van der Waals surface area contributed by atoms with Gasteiger partial charge in [-0.15, -0.1) is 5.10 Å². The second kappa shape index (κ2) is 4.61. The van der Waals surface area contributed by atoms with Crippen LogP contribution in [0.4, 0.5) is 6.01 Å². The number of nitrogens with two attached hydrogens (primary N) is 1. The molecule has 0 unspecified atom stereocenters. The van der Waals surface area contributed by atoms with E-state index in [1.165, 1.54) is 12.8 Å². The first kappa shape index (κ1) is 10.4. The summed E-state index contributed by atoms with van der Waals surface area (Å²) in [5.74, 6) is 1.46. The molecular formula is C10H18N4O. The zero-order chi connectivity index (χ0) is 10.7. The minimum Gasteiger partial charge on any atom is -0.408 e. The third-order valence-corrected chi connectivity index (χ3v) is 2.87. The van der Waals surface area contributed by atoms with E-state index < -0.39 is 0 Å². The Balaban J connectivity index is 1.96. The van der Waals surface area contributed by atoms with Crippen LogP contribution in [0.25, 0.3) is 0 Å². The van der Waals surface area contributed by atoms with Crippen molar-refractivity contribution in [3.63, 3.8) is 0 Å². The van der Waals surface area contributed by atoms with E-state index in [-0.39, 0.29) is 0 Å². The Morgan fingerprint density at radius 3 is 2.80 bits per heavy atom. The smallest absolute Gasteiger partial charge is 0.318 e. The second-order valence-corrected chi connectivity index (χ2v) is 4.19. The van der Waals surface area contributed by atoms with E-state index in [1.54, 1.807) is 0 Å². The van der Waals surface area contributed by atoms with Gasteiger partial charge in [-0.3, -0.25) is 0 Å². The quantitative estimate of drug-likeness (QED) is 0.799. The summed E-state index contributed by atoms with van der Waals surface area (Å²) in [6, 6.07) is 0.658. The van der Waals surface area contributed by atoms with Crippen LogP contribution in [0.1, 0.15) is 25.7 Å². The molecule has 84 valence electrons. The van der Waals surface area contributed by atoms with Gasteiger partial charge >= 0.3 is 6.01 Å². The molecule has 0 amide bonds. The molecule has 5 nitrogen and oxygen atoms in total. The third kappa shape index (κ3) is 2.47. The maximum absolute atomic E-state index is 5.52. The van der Waals surface area contributed by atoms with Crippen molar-refractivity contribution < 1.29 is 4.42 Å². The molecule has 1 aliphatic heterocycles. The fourth-order valence-electron chi connectivity index (χ4n) is 1.80. The molecule has 1 aromatic heterocycles. The number of anilines is 1. The molecular weight excluding hydrogens is 192 g/mol. The minimum atomic E-state index is 0.554. The first-order valence-corrected chi connectivity index (χ1v) is 5.57.